The number of hydrogen-bond donors (Lipinski definition) is 1. The molecule has 0 bridgehead atoms. The first-order valence-corrected chi connectivity index (χ1v) is 10.2. The minimum Gasteiger partial charge on any atom is -0.272 e. The topological polar surface area (TPSA) is 78.8 Å². The molecule has 0 atom stereocenters. The lowest BCUT2D eigenvalue weighted by Gasteiger charge is -2.31. The zero-order valence-electron chi connectivity index (χ0n) is 13.9. The van der Waals surface area contributed by atoms with Crippen molar-refractivity contribution in [3.8, 4) is 0 Å². The molecule has 1 amide bonds. The smallest absolute Gasteiger partial charge is 0.255 e. The predicted octanol–water partition coefficient (Wildman–Crippen LogP) is 2.52. The van der Waals surface area contributed by atoms with E-state index >= 15 is 0 Å². The van der Waals surface area contributed by atoms with Crippen molar-refractivity contribution in [3.05, 3.63) is 34.6 Å². The lowest BCUT2D eigenvalue weighted by molar-refractivity contribution is -0.121. The number of rotatable bonds is 6. The third-order valence-corrected chi connectivity index (χ3v) is 5.70. The maximum Gasteiger partial charge on any atom is 0.255 e. The van der Waals surface area contributed by atoms with E-state index in [1.807, 2.05) is 0 Å². The van der Waals surface area contributed by atoms with Gasteiger partial charge in [-0.3, -0.25) is 4.79 Å². The zero-order chi connectivity index (χ0) is 18.4. The monoisotopic (exact) mass is 389 g/mol. The molecule has 0 heterocycles. The Morgan fingerprint density at radius 3 is 2.68 bits per heavy atom. The minimum atomic E-state index is -3.51. The van der Waals surface area contributed by atoms with Crippen LogP contribution >= 0.6 is 11.6 Å². The molecule has 1 N–H and O–H groups in total. The highest BCUT2D eigenvalue weighted by Crippen LogP contribution is 2.24. The molecule has 0 spiro atoms. The first-order chi connectivity index (χ1) is 11.8. The summed E-state index contributed by atoms with van der Waals surface area (Å²) < 4.78 is 38.8. The molecule has 1 aliphatic carbocycles. The highest BCUT2D eigenvalue weighted by atomic mass is 35.5. The van der Waals surface area contributed by atoms with Crippen LogP contribution in [-0.2, 0) is 14.8 Å². The summed E-state index contributed by atoms with van der Waals surface area (Å²) in [6.45, 7) is -0.314. The van der Waals surface area contributed by atoms with Crippen LogP contribution in [0.1, 0.15) is 37.7 Å². The van der Waals surface area contributed by atoms with Crippen LogP contribution in [0.25, 0.3) is 0 Å². The van der Waals surface area contributed by atoms with E-state index in [0.29, 0.717) is 0 Å². The molecule has 6 nitrogen and oxygen atoms in total. The van der Waals surface area contributed by atoms with Gasteiger partial charge in [0.05, 0.1) is 24.0 Å². The van der Waals surface area contributed by atoms with E-state index in [9.17, 15) is 17.6 Å². The van der Waals surface area contributed by atoms with Gasteiger partial charge in [0.15, 0.2) is 0 Å². The van der Waals surface area contributed by atoms with E-state index in [2.05, 4.69) is 10.5 Å². The Morgan fingerprint density at radius 2 is 2.08 bits per heavy atom. The number of nitrogens with one attached hydrogen (secondary N) is 1. The van der Waals surface area contributed by atoms with Crippen LogP contribution in [0.3, 0.4) is 0 Å². The molecule has 0 radical (unpaired) electrons. The molecule has 138 valence electrons. The lowest BCUT2D eigenvalue weighted by atomic mass is 9.95. The summed E-state index contributed by atoms with van der Waals surface area (Å²) in [6, 6.07) is 4.02. The fourth-order valence-electron chi connectivity index (χ4n) is 2.87. The summed E-state index contributed by atoms with van der Waals surface area (Å²) in [6.07, 6.45) is 6.65. The minimum absolute atomic E-state index is 0.0525. The largest absolute Gasteiger partial charge is 0.272 e. The Kier molecular flexibility index (Phi) is 6.92. The van der Waals surface area contributed by atoms with Crippen LogP contribution in [0.15, 0.2) is 23.3 Å². The van der Waals surface area contributed by atoms with E-state index in [4.69, 9.17) is 11.6 Å². The van der Waals surface area contributed by atoms with Crippen molar-refractivity contribution in [2.75, 3.05) is 12.8 Å². The Balaban J connectivity index is 2.00. The van der Waals surface area contributed by atoms with E-state index in [1.54, 1.807) is 0 Å². The van der Waals surface area contributed by atoms with Crippen LogP contribution in [0, 0.1) is 5.82 Å². The van der Waals surface area contributed by atoms with Crippen molar-refractivity contribution in [3.63, 3.8) is 0 Å². The zero-order valence-corrected chi connectivity index (χ0v) is 15.5. The highest BCUT2D eigenvalue weighted by molar-refractivity contribution is 7.88. The molecule has 2 rings (SSSR count). The molecule has 0 aromatic heterocycles. The molecule has 0 aliphatic heterocycles. The third-order valence-electron chi connectivity index (χ3n) is 4.09. The molecular formula is C16H21ClFN3O3S. The van der Waals surface area contributed by atoms with Crippen molar-refractivity contribution in [2.24, 2.45) is 5.10 Å². The number of benzene rings is 1. The summed E-state index contributed by atoms with van der Waals surface area (Å²) in [5.74, 6) is -1.15. The first kappa shape index (κ1) is 19.8. The number of carbonyl (C=O) groups excluding carboxylic acids is 1. The lowest BCUT2D eigenvalue weighted by Crippen LogP contribution is -2.45. The summed E-state index contributed by atoms with van der Waals surface area (Å²) in [4.78, 5) is 12.0. The van der Waals surface area contributed by atoms with E-state index < -0.39 is 21.7 Å². The Bertz CT molecular complexity index is 729. The average molecular weight is 390 g/mol. The normalized spacial score (nSPS) is 16.5. The molecule has 25 heavy (non-hydrogen) atoms. The van der Waals surface area contributed by atoms with Gasteiger partial charge in [0.1, 0.15) is 5.82 Å². The molecule has 1 fully saturated rings. The highest BCUT2D eigenvalue weighted by Gasteiger charge is 2.29. The molecule has 1 aromatic carbocycles. The average Bonchev–Trinajstić information content (AvgIpc) is 2.55. The van der Waals surface area contributed by atoms with Crippen molar-refractivity contribution in [2.45, 2.75) is 38.1 Å². The second kappa shape index (κ2) is 8.73. The predicted molar refractivity (Wildman–Crippen MR) is 95.6 cm³/mol. The summed E-state index contributed by atoms with van der Waals surface area (Å²) in [7, 11) is -3.51. The summed E-state index contributed by atoms with van der Waals surface area (Å²) in [5.41, 5.74) is 2.28. The van der Waals surface area contributed by atoms with Gasteiger partial charge < -0.3 is 0 Å². The molecular weight excluding hydrogens is 369 g/mol. The van der Waals surface area contributed by atoms with Gasteiger partial charge in [0.2, 0.25) is 10.0 Å². The van der Waals surface area contributed by atoms with Crippen LogP contribution in [-0.4, -0.2) is 43.7 Å². The van der Waals surface area contributed by atoms with E-state index in [1.165, 1.54) is 22.5 Å². The molecule has 1 saturated carbocycles. The molecule has 1 aromatic rings. The molecule has 1 aliphatic rings. The standard InChI is InChI=1S/C16H21ClFN3O3S/c1-25(23,24)21(12-6-3-2-4-7-12)11-16(22)20-19-10-13-14(17)8-5-9-15(13)18/h5,8-10,12H,2-4,6-7,11H2,1H3,(H,20,22)/b19-10+. The van der Waals surface area contributed by atoms with Crippen LogP contribution < -0.4 is 5.43 Å². The maximum atomic E-state index is 13.6. The van der Waals surface area contributed by atoms with Crippen molar-refractivity contribution >= 4 is 33.7 Å². The number of halogens is 2. The quantitative estimate of drug-likeness (QED) is 0.599. The fraction of sp³-hybridized carbons (Fsp3) is 0.500. The number of nitrogens with zero attached hydrogens (tertiary/aromatic N) is 2. The number of carbonyl (C=O) groups is 1. The van der Waals surface area contributed by atoms with Crippen molar-refractivity contribution in [1.82, 2.24) is 9.73 Å². The second-order valence-corrected chi connectivity index (χ2v) is 8.37. The van der Waals surface area contributed by atoms with Crippen LogP contribution in [0.4, 0.5) is 4.39 Å². The van der Waals surface area contributed by atoms with Crippen LogP contribution in [0.5, 0.6) is 0 Å². The number of hydrogen-bond acceptors (Lipinski definition) is 4. The fourth-order valence-corrected chi connectivity index (χ4v) is 4.18. The molecule has 0 saturated heterocycles. The summed E-state index contributed by atoms with van der Waals surface area (Å²) in [5, 5.41) is 3.84. The Labute approximate surface area is 152 Å². The van der Waals surface area contributed by atoms with Gasteiger partial charge in [-0.2, -0.15) is 9.41 Å². The third kappa shape index (κ3) is 5.76. The van der Waals surface area contributed by atoms with Crippen molar-refractivity contribution in [1.29, 1.82) is 0 Å². The van der Waals surface area contributed by atoms with Gasteiger partial charge in [-0.15, -0.1) is 0 Å². The Hall–Kier alpha value is -1.51. The molecule has 9 heteroatoms. The van der Waals surface area contributed by atoms with E-state index in [0.717, 1.165) is 44.6 Å². The van der Waals surface area contributed by atoms with Gasteiger partial charge in [-0.25, -0.2) is 18.2 Å². The van der Waals surface area contributed by atoms with Gasteiger partial charge in [-0.05, 0) is 25.0 Å². The Morgan fingerprint density at radius 1 is 1.40 bits per heavy atom. The summed E-state index contributed by atoms with van der Waals surface area (Å²) >= 11 is 5.86. The van der Waals surface area contributed by atoms with Gasteiger partial charge >= 0.3 is 0 Å². The molecule has 0 unspecified atom stereocenters. The number of sulfonamides is 1. The second-order valence-electron chi connectivity index (χ2n) is 6.03. The number of amides is 1. The van der Waals surface area contributed by atoms with Crippen molar-refractivity contribution < 1.29 is 17.6 Å². The number of hydrazone groups is 1. The SMILES string of the molecule is CS(=O)(=O)N(CC(=O)N/N=C/c1c(F)cccc1Cl)C1CCCCC1. The van der Waals surface area contributed by atoms with Gasteiger partial charge in [0, 0.05) is 11.6 Å². The first-order valence-electron chi connectivity index (χ1n) is 8.02. The van der Waals surface area contributed by atoms with Gasteiger partial charge in [0.25, 0.3) is 5.91 Å². The maximum absolute atomic E-state index is 13.6. The van der Waals surface area contributed by atoms with Crippen LogP contribution in [0.2, 0.25) is 5.02 Å². The van der Waals surface area contributed by atoms with E-state index in [-0.39, 0.29) is 23.2 Å². The van der Waals surface area contributed by atoms with Gasteiger partial charge in [-0.1, -0.05) is 36.9 Å².